The second kappa shape index (κ2) is 9.36. The van der Waals surface area contributed by atoms with E-state index in [1.807, 2.05) is 37.3 Å². The van der Waals surface area contributed by atoms with E-state index >= 15 is 0 Å². The molecule has 2 aromatic carbocycles. The van der Waals surface area contributed by atoms with Crippen LogP contribution in [0.5, 0.6) is 5.75 Å². The van der Waals surface area contributed by atoms with Gasteiger partial charge in [-0.15, -0.1) is 0 Å². The van der Waals surface area contributed by atoms with Crippen LogP contribution in [0.15, 0.2) is 53.5 Å². The van der Waals surface area contributed by atoms with E-state index in [0.717, 1.165) is 24.0 Å². The number of esters is 1. The van der Waals surface area contributed by atoms with Gasteiger partial charge >= 0.3 is 12.0 Å². The maximum Gasteiger partial charge on any atom is 0.352 e. The average Bonchev–Trinajstić information content (AvgIpc) is 2.62. The van der Waals surface area contributed by atoms with Gasteiger partial charge in [0, 0.05) is 11.6 Å². The van der Waals surface area contributed by atoms with Crippen LogP contribution in [0.1, 0.15) is 26.7 Å². The average molecular weight is 354 g/mol. The summed E-state index contributed by atoms with van der Waals surface area (Å²) in [6, 6.07) is 13.4. The highest BCUT2D eigenvalue weighted by atomic mass is 16.5. The number of hydrogen-bond donors (Lipinski definition) is 2. The van der Waals surface area contributed by atoms with Gasteiger partial charge in [-0.3, -0.25) is 0 Å². The van der Waals surface area contributed by atoms with Gasteiger partial charge < -0.3 is 15.2 Å². The Morgan fingerprint density at radius 1 is 1.15 bits per heavy atom. The normalized spacial score (nSPS) is 11.1. The second-order valence-electron chi connectivity index (χ2n) is 5.71. The van der Waals surface area contributed by atoms with Gasteiger partial charge in [-0.25, -0.2) is 9.59 Å². The maximum atomic E-state index is 12.2. The van der Waals surface area contributed by atoms with E-state index in [-0.39, 0.29) is 11.5 Å². The van der Waals surface area contributed by atoms with Crippen molar-refractivity contribution in [2.75, 3.05) is 11.9 Å². The van der Waals surface area contributed by atoms with Crippen LogP contribution in [0.3, 0.4) is 0 Å². The number of benzene rings is 2. The summed E-state index contributed by atoms with van der Waals surface area (Å²) in [7, 11) is 0. The zero-order valence-corrected chi connectivity index (χ0v) is 14.9. The predicted molar refractivity (Wildman–Crippen MR) is 102 cm³/mol. The lowest BCUT2D eigenvalue weighted by molar-refractivity contribution is -0.135. The van der Waals surface area contributed by atoms with Gasteiger partial charge in [0.2, 0.25) is 0 Å². The molecular formula is C20H22N2O4. The Morgan fingerprint density at radius 3 is 2.58 bits per heavy atom. The third kappa shape index (κ3) is 5.44. The Morgan fingerprint density at radius 2 is 1.88 bits per heavy atom. The molecule has 0 aliphatic rings. The van der Waals surface area contributed by atoms with Gasteiger partial charge in [0.25, 0.3) is 0 Å². The van der Waals surface area contributed by atoms with E-state index in [0.29, 0.717) is 12.3 Å². The Balaban J connectivity index is 2.15. The van der Waals surface area contributed by atoms with Crippen LogP contribution >= 0.6 is 0 Å². The molecule has 0 unspecified atom stereocenters. The molecule has 2 N–H and O–H groups in total. The molecule has 2 amide bonds. The van der Waals surface area contributed by atoms with Crippen molar-refractivity contribution in [2.45, 2.75) is 26.7 Å². The number of aliphatic imine (C=N–C) groups is 1. The molecule has 0 radical (unpaired) electrons. The summed E-state index contributed by atoms with van der Waals surface area (Å²) in [4.78, 5) is 27.7. The van der Waals surface area contributed by atoms with Crippen molar-refractivity contribution in [1.29, 1.82) is 0 Å². The number of carbonyl (C=O) groups excluding carboxylic acids is 2. The summed E-state index contributed by atoms with van der Waals surface area (Å²) in [6.45, 7) is 3.71. The molecule has 136 valence electrons. The number of urea groups is 1. The van der Waals surface area contributed by atoms with E-state index in [4.69, 9.17) is 4.74 Å². The van der Waals surface area contributed by atoms with E-state index in [2.05, 4.69) is 10.3 Å². The number of anilines is 1. The first-order valence-electron chi connectivity index (χ1n) is 8.43. The van der Waals surface area contributed by atoms with Gasteiger partial charge in [-0.05, 0) is 31.0 Å². The molecule has 0 saturated carbocycles. The first-order valence-corrected chi connectivity index (χ1v) is 8.43. The van der Waals surface area contributed by atoms with Crippen molar-refractivity contribution in [3.63, 3.8) is 0 Å². The molecule has 6 nitrogen and oxygen atoms in total. The van der Waals surface area contributed by atoms with Crippen LogP contribution in [0.4, 0.5) is 10.5 Å². The minimum atomic E-state index is -0.710. The number of phenolic OH excluding ortho intramolecular Hbond substituents is 1. The summed E-state index contributed by atoms with van der Waals surface area (Å²) < 4.78 is 5.02. The molecule has 0 spiro atoms. The lowest BCUT2D eigenvalue weighted by Crippen LogP contribution is -2.18. The number of nitrogens with one attached hydrogen (secondary N) is 1. The van der Waals surface area contributed by atoms with Crippen molar-refractivity contribution in [3.05, 3.63) is 48.5 Å². The molecule has 0 saturated heterocycles. The Kier molecular flexibility index (Phi) is 6.91. The SMILES string of the molecule is CCCCOC(=O)C(C)=NC(=O)Nc1cc(O)ccc1-c1ccccc1. The summed E-state index contributed by atoms with van der Waals surface area (Å²) in [5, 5.41) is 12.3. The van der Waals surface area contributed by atoms with E-state index in [9.17, 15) is 14.7 Å². The third-order valence-corrected chi connectivity index (χ3v) is 3.63. The number of unbranched alkanes of at least 4 members (excludes halogenated alkanes) is 1. The van der Waals surface area contributed by atoms with E-state index in [1.165, 1.54) is 19.1 Å². The fourth-order valence-corrected chi connectivity index (χ4v) is 2.26. The first-order chi connectivity index (χ1) is 12.5. The molecule has 0 atom stereocenters. The van der Waals surface area contributed by atoms with Crippen molar-refractivity contribution >= 4 is 23.4 Å². The number of aromatic hydroxyl groups is 1. The van der Waals surface area contributed by atoms with E-state index < -0.39 is 12.0 Å². The number of nitrogens with zero attached hydrogens (tertiary/aromatic N) is 1. The van der Waals surface area contributed by atoms with Crippen LogP contribution in [-0.4, -0.2) is 29.4 Å². The quantitative estimate of drug-likeness (QED) is 0.457. The van der Waals surface area contributed by atoms with Gasteiger partial charge in [-0.1, -0.05) is 43.7 Å². The number of rotatable bonds is 6. The number of carbonyl (C=O) groups is 2. The topological polar surface area (TPSA) is 88.0 Å². The highest BCUT2D eigenvalue weighted by Gasteiger charge is 2.12. The molecule has 26 heavy (non-hydrogen) atoms. The van der Waals surface area contributed by atoms with Crippen molar-refractivity contribution in [2.24, 2.45) is 4.99 Å². The van der Waals surface area contributed by atoms with Crippen molar-refractivity contribution in [3.8, 4) is 16.9 Å². The van der Waals surface area contributed by atoms with E-state index in [1.54, 1.807) is 6.07 Å². The first kappa shape index (κ1) is 19.2. The lowest BCUT2D eigenvalue weighted by Gasteiger charge is -2.11. The minimum Gasteiger partial charge on any atom is -0.508 e. The Bertz CT molecular complexity index is 801. The molecule has 2 aromatic rings. The summed E-state index contributed by atoms with van der Waals surface area (Å²) in [5.41, 5.74) is 1.98. The van der Waals surface area contributed by atoms with Gasteiger partial charge in [0.1, 0.15) is 11.5 Å². The van der Waals surface area contributed by atoms with Crippen LogP contribution in [-0.2, 0) is 9.53 Å². The highest BCUT2D eigenvalue weighted by Crippen LogP contribution is 2.31. The molecule has 0 bridgehead atoms. The molecule has 6 heteroatoms. The Labute approximate surface area is 152 Å². The maximum absolute atomic E-state index is 12.2. The molecule has 0 aliphatic carbocycles. The van der Waals surface area contributed by atoms with Gasteiger partial charge in [-0.2, -0.15) is 4.99 Å². The molecule has 0 fully saturated rings. The van der Waals surface area contributed by atoms with Crippen LogP contribution in [0.2, 0.25) is 0 Å². The molecular weight excluding hydrogens is 332 g/mol. The molecule has 0 aliphatic heterocycles. The molecule has 0 aromatic heterocycles. The number of amides is 2. The van der Waals surface area contributed by atoms with Gasteiger partial charge in [0.05, 0.1) is 12.3 Å². The Hall–Kier alpha value is -3.15. The summed E-state index contributed by atoms with van der Waals surface area (Å²) >= 11 is 0. The fourth-order valence-electron chi connectivity index (χ4n) is 2.26. The number of hydrogen-bond acceptors (Lipinski definition) is 4. The zero-order valence-electron chi connectivity index (χ0n) is 14.9. The zero-order chi connectivity index (χ0) is 18.9. The van der Waals surface area contributed by atoms with Crippen molar-refractivity contribution in [1.82, 2.24) is 0 Å². The molecule has 0 heterocycles. The highest BCUT2D eigenvalue weighted by molar-refractivity contribution is 6.37. The number of phenols is 1. The third-order valence-electron chi connectivity index (χ3n) is 3.63. The second-order valence-corrected chi connectivity index (χ2v) is 5.71. The number of ether oxygens (including phenoxy) is 1. The summed E-state index contributed by atoms with van der Waals surface area (Å²) in [6.07, 6.45) is 1.67. The van der Waals surface area contributed by atoms with Crippen LogP contribution < -0.4 is 5.32 Å². The standard InChI is InChI=1S/C20H22N2O4/c1-3-4-12-26-19(24)14(2)21-20(25)22-18-13-16(23)10-11-17(18)15-8-6-5-7-9-15/h5-11,13,23H,3-4,12H2,1-2H3,(H,22,25). The van der Waals surface area contributed by atoms with Crippen LogP contribution in [0.25, 0.3) is 11.1 Å². The van der Waals surface area contributed by atoms with Crippen LogP contribution in [0, 0.1) is 0 Å². The molecule has 2 rings (SSSR count). The summed E-state index contributed by atoms with van der Waals surface area (Å²) in [5.74, 6) is -0.604. The minimum absolute atomic E-state index is 0.0136. The van der Waals surface area contributed by atoms with Gasteiger partial charge in [0.15, 0.2) is 0 Å². The largest absolute Gasteiger partial charge is 0.508 e. The monoisotopic (exact) mass is 354 g/mol. The van der Waals surface area contributed by atoms with Crippen molar-refractivity contribution < 1.29 is 19.4 Å². The smallest absolute Gasteiger partial charge is 0.352 e. The lowest BCUT2D eigenvalue weighted by atomic mass is 10.0. The predicted octanol–water partition coefficient (Wildman–Crippen LogP) is 4.40. The fraction of sp³-hybridized carbons (Fsp3) is 0.250.